The minimum Gasteiger partial charge on any atom is -0.481 e. The van der Waals surface area contributed by atoms with Crippen molar-refractivity contribution in [3.63, 3.8) is 0 Å². The first kappa shape index (κ1) is 16.7. The first-order chi connectivity index (χ1) is 12.2. The predicted molar refractivity (Wildman–Crippen MR) is 92.4 cm³/mol. The van der Waals surface area contributed by atoms with Gasteiger partial charge in [-0.1, -0.05) is 35.5 Å². The van der Waals surface area contributed by atoms with E-state index in [-0.39, 0.29) is 12.0 Å². The lowest BCUT2D eigenvalue weighted by molar-refractivity contribution is 0.0963. The second-order valence-corrected chi connectivity index (χ2v) is 5.57. The Labute approximate surface area is 145 Å². The van der Waals surface area contributed by atoms with Gasteiger partial charge >= 0.3 is 0 Å². The average molecular weight is 337 g/mol. The molecule has 0 aliphatic carbocycles. The molecule has 128 valence electrons. The molecule has 1 amide bonds. The van der Waals surface area contributed by atoms with Crippen LogP contribution in [0, 0.1) is 0 Å². The zero-order valence-corrected chi connectivity index (χ0v) is 14.1. The number of carbonyl (C=O) groups excluding carboxylic acids is 1. The van der Waals surface area contributed by atoms with Crippen LogP contribution in [0.15, 0.2) is 59.1 Å². The van der Waals surface area contributed by atoms with Crippen molar-refractivity contribution in [3.8, 4) is 5.75 Å². The van der Waals surface area contributed by atoms with E-state index in [1.165, 1.54) is 0 Å². The Kier molecular flexibility index (Phi) is 5.09. The molecule has 0 saturated heterocycles. The molecule has 1 atom stereocenters. The van der Waals surface area contributed by atoms with Gasteiger partial charge in [0.1, 0.15) is 5.75 Å². The van der Waals surface area contributed by atoms with Gasteiger partial charge in [-0.25, -0.2) is 0 Å². The number of carbonyl (C=O) groups is 1. The van der Waals surface area contributed by atoms with Gasteiger partial charge in [0.25, 0.3) is 11.8 Å². The molecule has 0 saturated carbocycles. The number of nitrogens with zero attached hydrogens (tertiary/aromatic N) is 2. The van der Waals surface area contributed by atoms with Crippen molar-refractivity contribution in [2.75, 3.05) is 7.05 Å². The van der Waals surface area contributed by atoms with Crippen LogP contribution in [0.5, 0.6) is 5.75 Å². The van der Waals surface area contributed by atoms with Crippen LogP contribution in [-0.2, 0) is 6.42 Å². The summed E-state index contributed by atoms with van der Waals surface area (Å²) in [7, 11) is 1.59. The molecule has 6 heteroatoms. The molecule has 1 aromatic heterocycles. The predicted octanol–water partition coefficient (Wildman–Crippen LogP) is 3.16. The lowest BCUT2D eigenvalue weighted by Gasteiger charge is -2.11. The fourth-order valence-electron chi connectivity index (χ4n) is 2.37. The number of aromatic nitrogens is 2. The van der Waals surface area contributed by atoms with Crippen LogP contribution in [0.1, 0.15) is 40.7 Å². The number of benzene rings is 2. The largest absolute Gasteiger partial charge is 0.481 e. The Balaban J connectivity index is 1.63. The van der Waals surface area contributed by atoms with E-state index in [0.29, 0.717) is 29.4 Å². The number of nitrogens with one attached hydrogen (secondary N) is 1. The number of rotatable bonds is 6. The SMILES string of the molecule is CNC(=O)c1ccc(O[C@H](C)c2nc(Cc3ccccc3)no2)cc1. The van der Waals surface area contributed by atoms with Gasteiger partial charge in [-0.05, 0) is 36.8 Å². The molecule has 0 aliphatic rings. The van der Waals surface area contributed by atoms with Gasteiger partial charge in [0, 0.05) is 19.0 Å². The van der Waals surface area contributed by atoms with E-state index < -0.39 is 0 Å². The van der Waals surface area contributed by atoms with Crippen LogP contribution in [0.25, 0.3) is 0 Å². The molecular weight excluding hydrogens is 318 g/mol. The number of ether oxygens (including phenoxy) is 1. The lowest BCUT2D eigenvalue weighted by Crippen LogP contribution is -2.17. The number of hydrogen-bond donors (Lipinski definition) is 1. The van der Waals surface area contributed by atoms with Crippen LogP contribution in [0.4, 0.5) is 0 Å². The van der Waals surface area contributed by atoms with Gasteiger partial charge in [-0.3, -0.25) is 4.79 Å². The first-order valence-corrected chi connectivity index (χ1v) is 8.01. The normalized spacial score (nSPS) is 11.8. The van der Waals surface area contributed by atoms with Gasteiger partial charge in [0.05, 0.1) is 0 Å². The smallest absolute Gasteiger partial charge is 0.267 e. The molecule has 3 aromatic rings. The molecule has 1 heterocycles. The Bertz CT molecular complexity index is 829. The number of amides is 1. The molecule has 0 radical (unpaired) electrons. The summed E-state index contributed by atoms with van der Waals surface area (Å²) in [6.07, 6.45) is 0.223. The summed E-state index contributed by atoms with van der Waals surface area (Å²) in [6.45, 7) is 1.84. The van der Waals surface area contributed by atoms with Crippen molar-refractivity contribution in [1.29, 1.82) is 0 Å². The molecule has 0 unspecified atom stereocenters. The van der Waals surface area contributed by atoms with Gasteiger partial charge in [0.15, 0.2) is 11.9 Å². The van der Waals surface area contributed by atoms with Gasteiger partial charge < -0.3 is 14.6 Å². The fourth-order valence-corrected chi connectivity index (χ4v) is 2.37. The molecule has 0 aliphatic heterocycles. The zero-order chi connectivity index (χ0) is 17.6. The first-order valence-electron chi connectivity index (χ1n) is 8.01. The van der Waals surface area contributed by atoms with E-state index >= 15 is 0 Å². The Morgan fingerprint density at radius 3 is 2.56 bits per heavy atom. The molecule has 0 spiro atoms. The van der Waals surface area contributed by atoms with Crippen LogP contribution in [0.3, 0.4) is 0 Å². The number of hydrogen-bond acceptors (Lipinski definition) is 5. The van der Waals surface area contributed by atoms with E-state index in [9.17, 15) is 4.79 Å². The summed E-state index contributed by atoms with van der Waals surface area (Å²) in [6, 6.07) is 16.8. The third-order valence-corrected chi connectivity index (χ3v) is 3.69. The van der Waals surface area contributed by atoms with Crippen LogP contribution >= 0.6 is 0 Å². The molecule has 6 nitrogen and oxygen atoms in total. The average Bonchev–Trinajstić information content (AvgIpc) is 3.11. The van der Waals surface area contributed by atoms with Crippen molar-refractivity contribution < 1.29 is 14.1 Å². The lowest BCUT2D eigenvalue weighted by atomic mass is 10.1. The molecule has 1 N–H and O–H groups in total. The van der Waals surface area contributed by atoms with E-state index in [1.807, 2.05) is 37.3 Å². The van der Waals surface area contributed by atoms with Crippen LogP contribution in [-0.4, -0.2) is 23.1 Å². The molecular formula is C19H19N3O3. The van der Waals surface area contributed by atoms with Crippen LogP contribution in [0.2, 0.25) is 0 Å². The highest BCUT2D eigenvalue weighted by Crippen LogP contribution is 2.21. The van der Waals surface area contributed by atoms with Crippen LogP contribution < -0.4 is 10.1 Å². The van der Waals surface area contributed by atoms with E-state index in [1.54, 1.807) is 31.3 Å². The standard InChI is InChI=1S/C19H19N3O3/c1-13(24-16-10-8-15(9-11-16)18(23)20-2)19-21-17(22-25-19)12-14-6-4-3-5-7-14/h3-11,13H,12H2,1-2H3,(H,20,23)/t13-/m1/s1. The van der Waals surface area contributed by atoms with Gasteiger partial charge in [-0.2, -0.15) is 4.98 Å². The second kappa shape index (κ2) is 7.61. The summed E-state index contributed by atoms with van der Waals surface area (Å²) < 4.78 is 11.1. The third-order valence-electron chi connectivity index (χ3n) is 3.69. The molecule has 0 fully saturated rings. The van der Waals surface area contributed by atoms with E-state index in [0.717, 1.165) is 5.56 Å². The maximum atomic E-state index is 11.5. The Morgan fingerprint density at radius 2 is 1.88 bits per heavy atom. The quantitative estimate of drug-likeness (QED) is 0.747. The highest BCUT2D eigenvalue weighted by Gasteiger charge is 2.16. The summed E-state index contributed by atoms with van der Waals surface area (Å²) in [5.41, 5.74) is 1.69. The summed E-state index contributed by atoms with van der Waals surface area (Å²) >= 11 is 0. The van der Waals surface area contributed by atoms with E-state index in [2.05, 4.69) is 15.5 Å². The maximum absolute atomic E-state index is 11.5. The topological polar surface area (TPSA) is 77.2 Å². The van der Waals surface area contributed by atoms with E-state index in [4.69, 9.17) is 9.26 Å². The summed E-state index contributed by atoms with van der Waals surface area (Å²) in [5.74, 6) is 1.53. The molecule has 2 aromatic carbocycles. The fraction of sp³-hybridized carbons (Fsp3) is 0.211. The summed E-state index contributed by atoms with van der Waals surface area (Å²) in [4.78, 5) is 15.9. The highest BCUT2D eigenvalue weighted by molar-refractivity contribution is 5.94. The molecule has 25 heavy (non-hydrogen) atoms. The second-order valence-electron chi connectivity index (χ2n) is 5.57. The molecule has 0 bridgehead atoms. The Hall–Kier alpha value is -3.15. The Morgan fingerprint density at radius 1 is 1.16 bits per heavy atom. The van der Waals surface area contributed by atoms with Crippen molar-refractivity contribution in [2.24, 2.45) is 0 Å². The van der Waals surface area contributed by atoms with Gasteiger partial charge in [-0.15, -0.1) is 0 Å². The zero-order valence-electron chi connectivity index (χ0n) is 14.1. The van der Waals surface area contributed by atoms with Crippen molar-refractivity contribution >= 4 is 5.91 Å². The monoisotopic (exact) mass is 337 g/mol. The third kappa shape index (κ3) is 4.23. The van der Waals surface area contributed by atoms with Crippen molar-refractivity contribution in [1.82, 2.24) is 15.5 Å². The summed E-state index contributed by atoms with van der Waals surface area (Å²) in [5, 5.41) is 6.58. The van der Waals surface area contributed by atoms with Gasteiger partial charge in [0.2, 0.25) is 0 Å². The molecule has 3 rings (SSSR count). The van der Waals surface area contributed by atoms with Crippen molar-refractivity contribution in [2.45, 2.75) is 19.4 Å². The van der Waals surface area contributed by atoms with Crippen molar-refractivity contribution in [3.05, 3.63) is 77.4 Å². The minimum absolute atomic E-state index is 0.137. The maximum Gasteiger partial charge on any atom is 0.267 e. The minimum atomic E-state index is -0.386. The highest BCUT2D eigenvalue weighted by atomic mass is 16.5.